The van der Waals surface area contributed by atoms with Gasteiger partial charge in [-0.15, -0.1) is 11.3 Å². The maximum Gasteiger partial charge on any atom is 0.343 e. The first kappa shape index (κ1) is 28.2. The van der Waals surface area contributed by atoms with Crippen molar-refractivity contribution in [2.75, 3.05) is 4.90 Å². The molecule has 0 radical (unpaired) electrons. The number of thiophene rings is 1. The Bertz CT molecular complexity index is 2640. The molecule has 2 aromatic heterocycles. The molecule has 8 aromatic rings. The van der Waals surface area contributed by atoms with Gasteiger partial charge in [0.2, 0.25) is 0 Å². The number of rotatable bonds is 1. The molecule has 2 aliphatic heterocycles. The largest absolute Gasteiger partial charge is 0.375 e. The Balaban J connectivity index is 1.39. The molecular weight excluding hydrogens is 599 g/mol. The molecule has 48 heavy (non-hydrogen) atoms. The van der Waals surface area contributed by atoms with E-state index in [1.807, 2.05) is 11.3 Å². The Morgan fingerprint density at radius 1 is 0.604 bits per heavy atom. The van der Waals surface area contributed by atoms with Crippen LogP contribution >= 0.6 is 11.3 Å². The van der Waals surface area contributed by atoms with Gasteiger partial charge in [-0.25, -0.2) is 0 Å². The Morgan fingerprint density at radius 3 is 2.08 bits per heavy atom. The van der Waals surface area contributed by atoms with Crippen LogP contribution in [-0.4, -0.2) is 11.3 Å². The first-order valence-corrected chi connectivity index (χ1v) is 18.0. The average molecular weight is 637 g/mol. The van der Waals surface area contributed by atoms with Crippen molar-refractivity contribution in [1.29, 1.82) is 0 Å². The smallest absolute Gasteiger partial charge is 0.343 e. The van der Waals surface area contributed by atoms with E-state index in [0.717, 1.165) is 0 Å². The fourth-order valence-electron chi connectivity index (χ4n) is 8.46. The van der Waals surface area contributed by atoms with Crippen LogP contribution in [0.2, 0.25) is 0 Å². The molecule has 232 valence electrons. The summed E-state index contributed by atoms with van der Waals surface area (Å²) in [6.45, 7) is 14.0. The molecule has 0 saturated heterocycles. The van der Waals surface area contributed by atoms with Crippen LogP contribution in [0.4, 0.5) is 17.1 Å². The summed E-state index contributed by atoms with van der Waals surface area (Å²) in [4.78, 5) is 2.59. The lowest BCUT2D eigenvalue weighted by Crippen LogP contribution is -2.55. The second-order valence-corrected chi connectivity index (χ2v) is 16.9. The summed E-state index contributed by atoms with van der Waals surface area (Å²) in [6, 6.07) is 44.0. The van der Waals surface area contributed by atoms with Crippen molar-refractivity contribution in [2.24, 2.45) is 0 Å². The minimum absolute atomic E-state index is 0.0198. The summed E-state index contributed by atoms with van der Waals surface area (Å²) in [7, 11) is 0. The second kappa shape index (κ2) is 9.42. The minimum Gasteiger partial charge on any atom is -0.375 e. The zero-order chi connectivity index (χ0) is 32.7. The lowest BCUT2D eigenvalue weighted by molar-refractivity contribution is 0.590. The highest BCUT2D eigenvalue weighted by Gasteiger charge is 2.45. The molecule has 0 atom stereocenters. The molecule has 0 spiro atoms. The lowest BCUT2D eigenvalue weighted by Gasteiger charge is -2.40. The van der Waals surface area contributed by atoms with E-state index in [4.69, 9.17) is 0 Å². The molecule has 6 aromatic carbocycles. The minimum atomic E-state index is -0.0198. The van der Waals surface area contributed by atoms with Gasteiger partial charge in [-0.3, -0.25) is 0 Å². The number of hydrogen-bond acceptors (Lipinski definition) is 2. The Labute approximate surface area is 286 Å². The van der Waals surface area contributed by atoms with E-state index >= 15 is 0 Å². The van der Waals surface area contributed by atoms with Gasteiger partial charge in [0, 0.05) is 53.6 Å². The second-order valence-electron chi connectivity index (χ2n) is 15.8. The molecule has 0 fully saturated rings. The van der Waals surface area contributed by atoms with Gasteiger partial charge in [0.25, 0.3) is 0 Å². The third-order valence-corrected chi connectivity index (χ3v) is 12.1. The molecule has 4 heteroatoms. The van der Waals surface area contributed by atoms with Gasteiger partial charge >= 0.3 is 6.85 Å². The molecule has 0 unspecified atom stereocenters. The maximum atomic E-state index is 2.70. The average Bonchev–Trinajstić information content (AvgIpc) is 3.63. The molecule has 4 heterocycles. The van der Waals surface area contributed by atoms with E-state index in [-0.39, 0.29) is 17.7 Å². The van der Waals surface area contributed by atoms with Gasteiger partial charge in [-0.05, 0) is 74.1 Å². The van der Waals surface area contributed by atoms with E-state index in [1.54, 1.807) is 0 Å². The Hall–Kier alpha value is -4.80. The zero-order valence-corrected chi connectivity index (χ0v) is 29.2. The van der Waals surface area contributed by atoms with Gasteiger partial charge < -0.3 is 9.38 Å². The van der Waals surface area contributed by atoms with Gasteiger partial charge in [0.1, 0.15) is 0 Å². The number of para-hydroxylation sites is 1. The fourth-order valence-corrected chi connectivity index (χ4v) is 9.76. The molecule has 2 aliphatic rings. The first-order valence-electron chi connectivity index (χ1n) is 17.1. The number of nitrogens with zero attached hydrogens (tertiary/aromatic N) is 2. The van der Waals surface area contributed by atoms with E-state index in [2.05, 4.69) is 166 Å². The molecule has 0 N–H and O–H groups in total. The Kier molecular flexibility index (Phi) is 5.54. The van der Waals surface area contributed by atoms with Crippen LogP contribution in [0.3, 0.4) is 0 Å². The summed E-state index contributed by atoms with van der Waals surface area (Å²) >= 11 is 1.97. The van der Waals surface area contributed by atoms with Crippen molar-refractivity contribution >= 4 is 88.2 Å². The van der Waals surface area contributed by atoms with Crippen molar-refractivity contribution in [3.63, 3.8) is 0 Å². The zero-order valence-electron chi connectivity index (χ0n) is 28.3. The van der Waals surface area contributed by atoms with Crippen LogP contribution < -0.4 is 15.1 Å². The van der Waals surface area contributed by atoms with Crippen LogP contribution in [0.15, 0.2) is 115 Å². The number of anilines is 3. The molecule has 2 nitrogen and oxygen atoms in total. The third-order valence-electron chi connectivity index (χ3n) is 10.9. The van der Waals surface area contributed by atoms with Gasteiger partial charge in [-0.1, -0.05) is 126 Å². The third kappa shape index (κ3) is 3.70. The molecule has 0 bridgehead atoms. The summed E-state index contributed by atoms with van der Waals surface area (Å²) < 4.78 is 5.44. The summed E-state index contributed by atoms with van der Waals surface area (Å²) in [5.41, 5.74) is 13.4. The van der Waals surface area contributed by atoms with Gasteiger partial charge in [0.15, 0.2) is 0 Å². The van der Waals surface area contributed by atoms with E-state index in [1.165, 1.54) is 92.2 Å². The SMILES string of the molecule is CC(C)(C)c1ccc(N2c3cc(C(C)(C)C)cc4c3B(c3sc5ccccc5c32)n2c3ccc5ccccc5c3c3cccc-4c32)cc1. The number of fused-ring (bicyclic) bond motifs is 11. The summed E-state index contributed by atoms with van der Waals surface area (Å²) in [5.74, 6) is 0. The molecular formula is C44H37BN2S. The summed E-state index contributed by atoms with van der Waals surface area (Å²) in [5, 5.41) is 6.64. The summed E-state index contributed by atoms with van der Waals surface area (Å²) in [6.07, 6.45) is 0. The molecule has 10 rings (SSSR count). The first-order chi connectivity index (χ1) is 23.1. The fraction of sp³-hybridized carbons (Fsp3) is 0.182. The van der Waals surface area contributed by atoms with Crippen LogP contribution in [0, 0.1) is 0 Å². The maximum absolute atomic E-state index is 2.70. The Morgan fingerprint density at radius 2 is 1.31 bits per heavy atom. The van der Waals surface area contributed by atoms with Crippen LogP contribution in [-0.2, 0) is 10.8 Å². The molecule has 0 amide bonds. The number of hydrogen-bond donors (Lipinski definition) is 0. The highest BCUT2D eigenvalue weighted by atomic mass is 32.1. The van der Waals surface area contributed by atoms with Crippen LogP contribution in [0.25, 0.3) is 53.8 Å². The van der Waals surface area contributed by atoms with Crippen LogP contribution in [0.5, 0.6) is 0 Å². The molecule has 0 aliphatic carbocycles. The van der Waals surface area contributed by atoms with Gasteiger partial charge in [-0.2, -0.15) is 0 Å². The quantitative estimate of drug-likeness (QED) is 0.163. The van der Waals surface area contributed by atoms with Crippen molar-refractivity contribution in [1.82, 2.24) is 4.48 Å². The topological polar surface area (TPSA) is 8.17 Å². The lowest BCUT2D eigenvalue weighted by atomic mass is 9.48. The highest BCUT2D eigenvalue weighted by Crippen LogP contribution is 2.50. The van der Waals surface area contributed by atoms with Gasteiger partial charge in [0.05, 0.1) is 5.69 Å². The standard InChI is InChI=1S/C44H37BN2S/c1-43(2,3)27-19-21-29(22-20-27)46-36-25-28(44(4,5)6)24-34-31-15-11-16-33-38-30-13-8-7-12-26(30)18-23-35(38)47(40(31)33)45(39(34)36)42-41(46)32-14-9-10-17-37(32)48-42/h7-25H,1-6H3. The van der Waals surface area contributed by atoms with Crippen molar-refractivity contribution in [2.45, 2.75) is 52.4 Å². The highest BCUT2D eigenvalue weighted by molar-refractivity contribution is 7.31. The predicted octanol–water partition coefficient (Wildman–Crippen LogP) is 11.2. The van der Waals surface area contributed by atoms with E-state index < -0.39 is 0 Å². The monoisotopic (exact) mass is 636 g/mol. The molecule has 0 saturated carbocycles. The number of aromatic nitrogens is 1. The predicted molar refractivity (Wildman–Crippen MR) is 210 cm³/mol. The van der Waals surface area contributed by atoms with Crippen molar-refractivity contribution in [3.05, 3.63) is 126 Å². The normalized spacial score (nSPS) is 14.0. The van der Waals surface area contributed by atoms with E-state index in [0.29, 0.717) is 0 Å². The number of benzene rings is 6. The van der Waals surface area contributed by atoms with Crippen molar-refractivity contribution < 1.29 is 0 Å². The van der Waals surface area contributed by atoms with E-state index in [9.17, 15) is 0 Å². The van der Waals surface area contributed by atoms with Crippen molar-refractivity contribution in [3.8, 4) is 11.1 Å². The van der Waals surface area contributed by atoms with Crippen LogP contribution in [0.1, 0.15) is 52.7 Å².